The molecule has 0 radical (unpaired) electrons. The molecule has 114 valence electrons. The second-order valence-corrected chi connectivity index (χ2v) is 6.08. The van der Waals surface area contributed by atoms with Gasteiger partial charge in [-0.3, -0.25) is 4.90 Å². The van der Waals surface area contributed by atoms with Gasteiger partial charge in [0.15, 0.2) is 0 Å². The molecule has 3 rings (SSSR count). The average molecular weight is 294 g/mol. The van der Waals surface area contributed by atoms with E-state index in [4.69, 9.17) is 0 Å². The van der Waals surface area contributed by atoms with Crippen molar-refractivity contribution in [2.24, 2.45) is 5.92 Å². The van der Waals surface area contributed by atoms with Crippen molar-refractivity contribution in [1.82, 2.24) is 0 Å². The van der Waals surface area contributed by atoms with Gasteiger partial charge in [0.05, 0.1) is 0 Å². The molecule has 0 bridgehead atoms. The summed E-state index contributed by atoms with van der Waals surface area (Å²) in [4.78, 5) is 14.7. The highest BCUT2D eigenvalue weighted by molar-refractivity contribution is 6.02. The van der Waals surface area contributed by atoms with Crippen molar-refractivity contribution >= 4 is 17.4 Å². The van der Waals surface area contributed by atoms with Crippen LogP contribution >= 0.6 is 0 Å². The van der Waals surface area contributed by atoms with Crippen LogP contribution in [0.2, 0.25) is 0 Å². The number of benzene rings is 2. The van der Waals surface area contributed by atoms with Crippen molar-refractivity contribution in [3.05, 3.63) is 60.2 Å². The van der Waals surface area contributed by atoms with E-state index < -0.39 is 0 Å². The summed E-state index contributed by atoms with van der Waals surface area (Å²) in [5.74, 6) is 0.615. The molecule has 1 aliphatic carbocycles. The fourth-order valence-electron chi connectivity index (χ4n) is 2.74. The number of nitrogens with zero attached hydrogens (tertiary/aromatic N) is 1. The number of aryl methyl sites for hydroxylation is 1. The first kappa shape index (κ1) is 14.6. The van der Waals surface area contributed by atoms with Gasteiger partial charge in [-0.2, -0.15) is 0 Å². The molecule has 1 fully saturated rings. The number of para-hydroxylation sites is 1. The van der Waals surface area contributed by atoms with E-state index in [0.29, 0.717) is 5.92 Å². The van der Waals surface area contributed by atoms with Crippen molar-refractivity contribution in [3.63, 3.8) is 0 Å². The van der Waals surface area contributed by atoms with Crippen LogP contribution in [-0.2, 0) is 0 Å². The highest BCUT2D eigenvalue weighted by Crippen LogP contribution is 2.37. The molecule has 0 aromatic heterocycles. The predicted molar refractivity (Wildman–Crippen MR) is 91.3 cm³/mol. The van der Waals surface area contributed by atoms with E-state index in [1.165, 1.54) is 18.4 Å². The van der Waals surface area contributed by atoms with Crippen molar-refractivity contribution in [2.45, 2.75) is 32.7 Å². The summed E-state index contributed by atoms with van der Waals surface area (Å²) in [5.41, 5.74) is 2.97. The standard InChI is InChI=1S/C19H22N2O/c1-14-8-12-17(13-9-14)20-19(22)21(15(2)16-10-11-16)18-6-4-3-5-7-18/h3-9,12-13,15-16H,10-11H2,1-2H3,(H,20,22)/t15-/m1/s1. The third-order valence-electron chi connectivity index (χ3n) is 4.27. The first-order chi connectivity index (χ1) is 10.6. The van der Waals surface area contributed by atoms with Crippen molar-refractivity contribution in [1.29, 1.82) is 0 Å². The zero-order chi connectivity index (χ0) is 15.5. The maximum absolute atomic E-state index is 12.8. The number of carbonyl (C=O) groups is 1. The fraction of sp³-hybridized carbons (Fsp3) is 0.316. The van der Waals surface area contributed by atoms with Gasteiger partial charge in [-0.05, 0) is 56.9 Å². The molecular formula is C19H22N2O. The lowest BCUT2D eigenvalue weighted by Crippen LogP contribution is -2.42. The predicted octanol–water partition coefficient (Wildman–Crippen LogP) is 4.83. The second-order valence-electron chi connectivity index (χ2n) is 6.08. The van der Waals surface area contributed by atoms with Crippen molar-refractivity contribution in [3.8, 4) is 0 Å². The highest BCUT2D eigenvalue weighted by atomic mass is 16.2. The summed E-state index contributed by atoms with van der Waals surface area (Å²) in [6.07, 6.45) is 2.42. The molecule has 1 N–H and O–H groups in total. The van der Waals surface area contributed by atoms with Crippen LogP contribution in [0.3, 0.4) is 0 Å². The quantitative estimate of drug-likeness (QED) is 0.860. The summed E-state index contributed by atoms with van der Waals surface area (Å²) in [7, 11) is 0. The third kappa shape index (κ3) is 3.30. The first-order valence-electron chi connectivity index (χ1n) is 7.87. The van der Waals surface area contributed by atoms with Crippen molar-refractivity contribution < 1.29 is 4.79 Å². The first-order valence-corrected chi connectivity index (χ1v) is 7.87. The largest absolute Gasteiger partial charge is 0.326 e. The molecule has 3 nitrogen and oxygen atoms in total. The normalized spacial score (nSPS) is 15.2. The Morgan fingerprint density at radius 2 is 1.73 bits per heavy atom. The Hall–Kier alpha value is -2.29. The number of urea groups is 1. The van der Waals surface area contributed by atoms with Crippen LogP contribution in [0.5, 0.6) is 0 Å². The van der Waals surface area contributed by atoms with E-state index in [1.807, 2.05) is 66.4 Å². The molecule has 2 aromatic carbocycles. The zero-order valence-electron chi connectivity index (χ0n) is 13.1. The minimum Gasteiger partial charge on any atom is -0.308 e. The van der Waals surface area contributed by atoms with E-state index in [0.717, 1.165) is 11.4 Å². The summed E-state index contributed by atoms with van der Waals surface area (Å²) < 4.78 is 0. The number of hydrogen-bond donors (Lipinski definition) is 1. The third-order valence-corrected chi connectivity index (χ3v) is 4.27. The molecule has 1 saturated carbocycles. The Morgan fingerprint density at radius 1 is 1.09 bits per heavy atom. The Balaban J connectivity index is 1.81. The molecule has 0 spiro atoms. The van der Waals surface area contributed by atoms with Gasteiger partial charge >= 0.3 is 6.03 Å². The van der Waals surface area contributed by atoms with Crippen LogP contribution in [0.1, 0.15) is 25.3 Å². The molecule has 1 aliphatic rings. The second kappa shape index (κ2) is 6.22. The number of rotatable bonds is 4. The Morgan fingerprint density at radius 3 is 2.32 bits per heavy atom. The molecule has 0 aliphatic heterocycles. The lowest BCUT2D eigenvalue weighted by molar-refractivity contribution is 0.254. The van der Waals surface area contributed by atoms with Gasteiger partial charge in [0, 0.05) is 17.4 Å². The molecule has 0 heterocycles. The van der Waals surface area contributed by atoms with Crippen LogP contribution in [0.25, 0.3) is 0 Å². The molecular weight excluding hydrogens is 272 g/mol. The van der Waals surface area contributed by atoms with Crippen LogP contribution in [0, 0.1) is 12.8 Å². The maximum Gasteiger partial charge on any atom is 0.326 e. The average Bonchev–Trinajstić information content (AvgIpc) is 3.36. The maximum atomic E-state index is 12.8. The van der Waals surface area contributed by atoms with Gasteiger partial charge in [0.1, 0.15) is 0 Å². The van der Waals surface area contributed by atoms with Gasteiger partial charge in [-0.15, -0.1) is 0 Å². The summed E-state index contributed by atoms with van der Waals surface area (Å²) >= 11 is 0. The zero-order valence-corrected chi connectivity index (χ0v) is 13.1. The van der Waals surface area contributed by atoms with E-state index in [2.05, 4.69) is 12.2 Å². The number of hydrogen-bond acceptors (Lipinski definition) is 1. The van der Waals surface area contributed by atoms with E-state index in [-0.39, 0.29) is 12.1 Å². The summed E-state index contributed by atoms with van der Waals surface area (Å²) in [6.45, 7) is 4.18. The molecule has 22 heavy (non-hydrogen) atoms. The number of nitrogens with one attached hydrogen (secondary N) is 1. The lowest BCUT2D eigenvalue weighted by atomic mass is 10.1. The Bertz CT molecular complexity index is 632. The van der Waals surface area contributed by atoms with Gasteiger partial charge in [-0.25, -0.2) is 4.79 Å². The van der Waals surface area contributed by atoms with Gasteiger partial charge in [0.2, 0.25) is 0 Å². The summed E-state index contributed by atoms with van der Waals surface area (Å²) in [6, 6.07) is 18.0. The minimum absolute atomic E-state index is 0.0607. The van der Waals surface area contributed by atoms with Crippen LogP contribution in [0.15, 0.2) is 54.6 Å². The van der Waals surface area contributed by atoms with Crippen LogP contribution in [0.4, 0.5) is 16.2 Å². The van der Waals surface area contributed by atoms with Gasteiger partial charge < -0.3 is 5.32 Å². The van der Waals surface area contributed by atoms with E-state index in [9.17, 15) is 4.79 Å². The number of amides is 2. The van der Waals surface area contributed by atoms with Gasteiger partial charge in [0.25, 0.3) is 0 Å². The number of carbonyl (C=O) groups excluding carboxylic acids is 1. The topological polar surface area (TPSA) is 32.3 Å². The van der Waals surface area contributed by atoms with Crippen LogP contribution < -0.4 is 10.2 Å². The lowest BCUT2D eigenvalue weighted by Gasteiger charge is -2.29. The Labute approximate surface area is 132 Å². The van der Waals surface area contributed by atoms with Crippen molar-refractivity contribution in [2.75, 3.05) is 10.2 Å². The minimum atomic E-state index is -0.0607. The molecule has 3 heteroatoms. The molecule has 2 amide bonds. The molecule has 2 aromatic rings. The molecule has 1 atom stereocenters. The van der Waals surface area contributed by atoms with E-state index >= 15 is 0 Å². The monoisotopic (exact) mass is 294 g/mol. The highest BCUT2D eigenvalue weighted by Gasteiger charge is 2.35. The molecule has 0 saturated heterocycles. The Kier molecular flexibility index (Phi) is 4.14. The van der Waals surface area contributed by atoms with Crippen LogP contribution in [-0.4, -0.2) is 12.1 Å². The smallest absolute Gasteiger partial charge is 0.308 e. The molecule has 0 unspecified atom stereocenters. The number of anilines is 2. The van der Waals surface area contributed by atoms with Gasteiger partial charge in [-0.1, -0.05) is 35.9 Å². The SMILES string of the molecule is Cc1ccc(NC(=O)N(c2ccccc2)[C@H](C)C2CC2)cc1. The fourth-order valence-corrected chi connectivity index (χ4v) is 2.74. The van der Waals surface area contributed by atoms with E-state index in [1.54, 1.807) is 0 Å². The summed E-state index contributed by atoms with van der Waals surface area (Å²) in [5, 5.41) is 3.02.